The van der Waals surface area contributed by atoms with Crippen molar-refractivity contribution in [3.63, 3.8) is 0 Å². The second kappa shape index (κ2) is 5.92. The van der Waals surface area contributed by atoms with E-state index in [-0.39, 0.29) is 0 Å². The van der Waals surface area contributed by atoms with Crippen LogP contribution >= 0.6 is 11.6 Å². The van der Waals surface area contributed by atoms with Crippen LogP contribution in [0.15, 0.2) is 42.5 Å². The van der Waals surface area contributed by atoms with Crippen molar-refractivity contribution in [1.29, 1.82) is 0 Å². The summed E-state index contributed by atoms with van der Waals surface area (Å²) in [5, 5.41) is 0. The minimum atomic E-state index is 0.477. The molecule has 0 N–H and O–H groups in total. The normalized spacial score (nSPS) is 10.4. The predicted octanol–water partition coefficient (Wildman–Crippen LogP) is 4.62. The highest BCUT2D eigenvalue weighted by molar-refractivity contribution is 6.17. The zero-order valence-corrected chi connectivity index (χ0v) is 11.5. The van der Waals surface area contributed by atoms with Crippen LogP contribution in [0.2, 0.25) is 0 Å². The summed E-state index contributed by atoms with van der Waals surface area (Å²) >= 11 is 5.93. The molecular weight excluding hydrogens is 244 g/mol. The molecule has 2 aromatic carbocycles. The number of benzene rings is 2. The maximum Gasteiger partial charge on any atom is 0.124 e. The Bertz CT molecular complexity index is 517. The quantitative estimate of drug-likeness (QED) is 0.729. The molecule has 0 spiro atoms. The van der Waals surface area contributed by atoms with Crippen LogP contribution in [0.1, 0.15) is 22.3 Å². The molecule has 0 aliphatic carbocycles. The second-order valence-electron chi connectivity index (χ2n) is 4.52. The van der Waals surface area contributed by atoms with Crippen LogP contribution in [0.3, 0.4) is 0 Å². The Kier molecular flexibility index (Phi) is 4.27. The maximum absolute atomic E-state index is 5.93. The van der Waals surface area contributed by atoms with Gasteiger partial charge < -0.3 is 4.74 Å². The van der Waals surface area contributed by atoms with Gasteiger partial charge in [-0.3, -0.25) is 0 Å². The molecule has 0 unspecified atom stereocenters. The number of hydrogen-bond donors (Lipinski definition) is 0. The third-order valence-corrected chi connectivity index (χ3v) is 3.16. The van der Waals surface area contributed by atoms with E-state index >= 15 is 0 Å². The first-order valence-corrected chi connectivity index (χ1v) is 6.56. The summed E-state index contributed by atoms with van der Waals surface area (Å²) in [6.45, 7) is 4.71. The Balaban J connectivity index is 2.08. The summed E-state index contributed by atoms with van der Waals surface area (Å²) in [4.78, 5) is 0. The molecule has 18 heavy (non-hydrogen) atoms. The minimum absolute atomic E-state index is 0.477. The lowest BCUT2D eigenvalue weighted by molar-refractivity contribution is 0.304. The van der Waals surface area contributed by atoms with E-state index < -0.39 is 0 Å². The summed E-state index contributed by atoms with van der Waals surface area (Å²) in [7, 11) is 0. The van der Waals surface area contributed by atoms with Crippen LogP contribution in [-0.4, -0.2) is 0 Å². The Morgan fingerprint density at radius 1 is 0.944 bits per heavy atom. The zero-order chi connectivity index (χ0) is 13.0. The molecule has 2 rings (SSSR count). The van der Waals surface area contributed by atoms with Gasteiger partial charge in [-0.1, -0.05) is 47.5 Å². The monoisotopic (exact) mass is 260 g/mol. The predicted molar refractivity (Wildman–Crippen MR) is 76.2 cm³/mol. The lowest BCUT2D eigenvalue weighted by Crippen LogP contribution is -1.98. The highest BCUT2D eigenvalue weighted by atomic mass is 35.5. The van der Waals surface area contributed by atoms with Gasteiger partial charge in [0.2, 0.25) is 0 Å². The molecule has 0 aliphatic rings. The van der Waals surface area contributed by atoms with Gasteiger partial charge in [0.25, 0.3) is 0 Å². The molecule has 0 atom stereocenters. The van der Waals surface area contributed by atoms with Crippen molar-refractivity contribution in [2.24, 2.45) is 0 Å². The molecular formula is C16H17ClO. The van der Waals surface area contributed by atoms with E-state index in [1.807, 2.05) is 12.1 Å². The van der Waals surface area contributed by atoms with Gasteiger partial charge >= 0.3 is 0 Å². The first kappa shape index (κ1) is 13.0. The summed E-state index contributed by atoms with van der Waals surface area (Å²) in [6.07, 6.45) is 0. The van der Waals surface area contributed by atoms with E-state index in [1.54, 1.807) is 0 Å². The Hall–Kier alpha value is -1.47. The summed E-state index contributed by atoms with van der Waals surface area (Å²) in [5.74, 6) is 1.35. The molecule has 0 aliphatic heterocycles. The molecule has 2 aromatic rings. The van der Waals surface area contributed by atoms with Gasteiger partial charge in [-0.25, -0.2) is 0 Å². The third kappa shape index (κ3) is 3.27. The number of aryl methyl sites for hydroxylation is 2. The van der Waals surface area contributed by atoms with Gasteiger partial charge in [-0.2, -0.15) is 0 Å². The number of hydrogen-bond acceptors (Lipinski definition) is 1. The number of rotatable bonds is 4. The van der Waals surface area contributed by atoms with Crippen molar-refractivity contribution in [3.8, 4) is 5.75 Å². The standard InChI is InChI=1S/C16H17ClO/c1-12-3-6-14(7-4-12)11-18-16-8-5-13(2)9-15(16)10-17/h3-9H,10-11H2,1-2H3. The summed E-state index contributed by atoms with van der Waals surface area (Å²) in [5.41, 5.74) is 4.68. The van der Waals surface area contributed by atoms with Crippen molar-refractivity contribution in [3.05, 3.63) is 64.7 Å². The van der Waals surface area contributed by atoms with Gasteiger partial charge in [0.15, 0.2) is 0 Å². The molecule has 0 amide bonds. The molecule has 0 bridgehead atoms. The van der Waals surface area contributed by atoms with Crippen LogP contribution in [-0.2, 0) is 12.5 Å². The first-order valence-electron chi connectivity index (χ1n) is 6.03. The van der Waals surface area contributed by atoms with E-state index in [0.29, 0.717) is 12.5 Å². The Labute approximate surface area is 113 Å². The van der Waals surface area contributed by atoms with Crippen molar-refractivity contribution < 1.29 is 4.74 Å². The SMILES string of the molecule is Cc1ccc(COc2ccc(C)cc2CCl)cc1. The third-order valence-electron chi connectivity index (χ3n) is 2.87. The molecule has 0 fully saturated rings. The smallest absolute Gasteiger partial charge is 0.124 e. The van der Waals surface area contributed by atoms with Gasteiger partial charge in [-0.05, 0) is 25.5 Å². The van der Waals surface area contributed by atoms with Gasteiger partial charge in [0.05, 0.1) is 5.88 Å². The Morgan fingerprint density at radius 3 is 2.28 bits per heavy atom. The van der Waals surface area contributed by atoms with E-state index in [9.17, 15) is 0 Å². The van der Waals surface area contributed by atoms with Crippen molar-refractivity contribution >= 4 is 11.6 Å². The topological polar surface area (TPSA) is 9.23 Å². The molecule has 0 radical (unpaired) electrons. The average Bonchev–Trinajstić information content (AvgIpc) is 2.39. The summed E-state index contributed by atoms with van der Waals surface area (Å²) in [6, 6.07) is 14.5. The fourth-order valence-corrected chi connectivity index (χ4v) is 2.01. The van der Waals surface area contributed by atoms with Gasteiger partial charge in [0, 0.05) is 5.56 Å². The number of ether oxygens (including phenoxy) is 1. The van der Waals surface area contributed by atoms with Crippen molar-refractivity contribution in [2.75, 3.05) is 0 Å². The fraction of sp³-hybridized carbons (Fsp3) is 0.250. The lowest BCUT2D eigenvalue weighted by atomic mass is 10.1. The van der Waals surface area contributed by atoms with E-state index in [0.717, 1.165) is 11.3 Å². The first-order chi connectivity index (χ1) is 8.69. The highest BCUT2D eigenvalue weighted by Gasteiger charge is 2.03. The largest absolute Gasteiger partial charge is 0.489 e. The van der Waals surface area contributed by atoms with Crippen LogP contribution in [0, 0.1) is 13.8 Å². The van der Waals surface area contributed by atoms with Crippen molar-refractivity contribution in [1.82, 2.24) is 0 Å². The van der Waals surface area contributed by atoms with E-state index in [4.69, 9.17) is 16.3 Å². The lowest BCUT2D eigenvalue weighted by Gasteiger charge is -2.11. The van der Waals surface area contributed by atoms with Crippen LogP contribution < -0.4 is 4.74 Å². The number of halogens is 1. The fourth-order valence-electron chi connectivity index (χ4n) is 1.80. The Morgan fingerprint density at radius 2 is 1.61 bits per heavy atom. The zero-order valence-electron chi connectivity index (χ0n) is 10.7. The second-order valence-corrected chi connectivity index (χ2v) is 4.79. The van der Waals surface area contributed by atoms with Gasteiger partial charge in [-0.15, -0.1) is 11.6 Å². The maximum atomic E-state index is 5.93. The highest BCUT2D eigenvalue weighted by Crippen LogP contribution is 2.22. The molecule has 0 heterocycles. The molecule has 0 aromatic heterocycles. The molecule has 0 saturated heterocycles. The minimum Gasteiger partial charge on any atom is -0.489 e. The van der Waals surface area contributed by atoms with Crippen molar-refractivity contribution in [2.45, 2.75) is 26.3 Å². The van der Waals surface area contributed by atoms with Crippen LogP contribution in [0.5, 0.6) is 5.75 Å². The van der Waals surface area contributed by atoms with Gasteiger partial charge in [0.1, 0.15) is 12.4 Å². The van der Waals surface area contributed by atoms with E-state index in [1.165, 1.54) is 16.7 Å². The number of alkyl halides is 1. The molecule has 94 valence electrons. The van der Waals surface area contributed by atoms with Crippen LogP contribution in [0.4, 0.5) is 0 Å². The van der Waals surface area contributed by atoms with Crippen LogP contribution in [0.25, 0.3) is 0 Å². The average molecular weight is 261 g/mol. The molecule has 0 saturated carbocycles. The summed E-state index contributed by atoms with van der Waals surface area (Å²) < 4.78 is 5.82. The van der Waals surface area contributed by atoms with E-state index in [2.05, 4.69) is 44.2 Å². The molecule has 1 nitrogen and oxygen atoms in total. The molecule has 2 heteroatoms.